The molecule has 11 heteroatoms. The summed E-state index contributed by atoms with van der Waals surface area (Å²) < 4.78 is 27.5. The molecule has 2 aromatic carbocycles. The lowest BCUT2D eigenvalue weighted by Gasteiger charge is -2.22. The number of carbonyl (C=O) groups is 1. The quantitative estimate of drug-likeness (QED) is 0.225. The van der Waals surface area contributed by atoms with Crippen molar-refractivity contribution >= 4 is 51.2 Å². The third-order valence-corrected chi connectivity index (χ3v) is 7.23. The molecule has 34 heavy (non-hydrogen) atoms. The van der Waals surface area contributed by atoms with E-state index in [1.807, 2.05) is 30.3 Å². The van der Waals surface area contributed by atoms with E-state index < -0.39 is 17.2 Å². The first-order valence-electron chi connectivity index (χ1n) is 10.5. The Morgan fingerprint density at radius 1 is 1.24 bits per heavy atom. The number of carbonyl (C=O) groups excluding carboxylic acids is 1. The monoisotopic (exact) mass is 516 g/mol. The molecule has 0 saturated carbocycles. The molecule has 4 N–H and O–H groups in total. The van der Waals surface area contributed by atoms with Gasteiger partial charge < -0.3 is 15.4 Å². The zero-order valence-electron chi connectivity index (χ0n) is 18.3. The van der Waals surface area contributed by atoms with Crippen molar-refractivity contribution in [3.63, 3.8) is 0 Å². The fourth-order valence-corrected chi connectivity index (χ4v) is 5.51. The summed E-state index contributed by atoms with van der Waals surface area (Å²) in [7, 11) is 0. The van der Waals surface area contributed by atoms with Gasteiger partial charge in [0.2, 0.25) is 0 Å². The number of hydrogen-bond donors (Lipinski definition) is 4. The van der Waals surface area contributed by atoms with E-state index in [2.05, 4.69) is 37.9 Å². The fraction of sp³-hybridized carbons (Fsp3) is 0.217. The molecule has 0 fully saturated rings. The van der Waals surface area contributed by atoms with Crippen molar-refractivity contribution < 1.29 is 18.3 Å². The van der Waals surface area contributed by atoms with Crippen molar-refractivity contribution in [2.75, 3.05) is 16.6 Å². The highest BCUT2D eigenvalue weighted by Crippen LogP contribution is 2.36. The zero-order chi connectivity index (χ0) is 23.9. The molecular formula is C23H24N4O4S3. The average molecular weight is 517 g/mol. The molecule has 3 aromatic rings. The zero-order valence-corrected chi connectivity index (χ0v) is 20.7. The minimum absolute atomic E-state index is 0.109. The minimum atomic E-state index is -2.12. The third-order valence-electron chi connectivity index (χ3n) is 4.99. The second-order valence-corrected chi connectivity index (χ2v) is 9.89. The summed E-state index contributed by atoms with van der Waals surface area (Å²) in [5, 5.41) is 11.6. The van der Waals surface area contributed by atoms with Gasteiger partial charge in [0.05, 0.1) is 12.6 Å². The Kier molecular flexibility index (Phi) is 8.22. The number of thiazole rings is 1. The molecule has 0 saturated heterocycles. The second kappa shape index (κ2) is 11.5. The third kappa shape index (κ3) is 6.38. The summed E-state index contributed by atoms with van der Waals surface area (Å²) >= 11 is 0.938. The predicted molar refractivity (Wildman–Crippen MR) is 138 cm³/mol. The van der Waals surface area contributed by atoms with E-state index in [-0.39, 0.29) is 17.1 Å². The maximum absolute atomic E-state index is 12.0. The first-order chi connectivity index (χ1) is 16.5. The number of hydrogen-bond acceptors (Lipinski definition) is 8. The van der Waals surface area contributed by atoms with E-state index in [9.17, 15) is 9.00 Å². The summed E-state index contributed by atoms with van der Waals surface area (Å²) in [6, 6.07) is 17.4. The summed E-state index contributed by atoms with van der Waals surface area (Å²) in [6.45, 7) is 2.06. The molecule has 1 aromatic heterocycles. The van der Waals surface area contributed by atoms with Crippen molar-refractivity contribution in [1.29, 1.82) is 0 Å². The van der Waals surface area contributed by atoms with Gasteiger partial charge in [0.1, 0.15) is 5.37 Å². The van der Waals surface area contributed by atoms with Crippen LogP contribution in [0, 0.1) is 0 Å². The van der Waals surface area contributed by atoms with E-state index in [1.165, 1.54) is 16.9 Å². The highest BCUT2D eigenvalue weighted by molar-refractivity contribution is 8.02. The molecule has 0 aliphatic carbocycles. The maximum Gasteiger partial charge on any atom is 0.357 e. The molecule has 0 bridgehead atoms. The van der Waals surface area contributed by atoms with Crippen LogP contribution in [0.1, 0.15) is 33.9 Å². The van der Waals surface area contributed by atoms with Crippen LogP contribution >= 0.6 is 23.1 Å². The van der Waals surface area contributed by atoms with Crippen LogP contribution in [-0.2, 0) is 22.4 Å². The number of thioether (sulfide) groups is 1. The maximum atomic E-state index is 12.0. The van der Waals surface area contributed by atoms with Crippen LogP contribution in [0.5, 0.6) is 0 Å². The number of anilines is 2. The molecule has 178 valence electrons. The lowest BCUT2D eigenvalue weighted by molar-refractivity contribution is 0.0520. The predicted octanol–water partition coefficient (Wildman–Crippen LogP) is 4.77. The lowest BCUT2D eigenvalue weighted by atomic mass is 10.0. The minimum Gasteiger partial charge on any atom is -0.461 e. The topological polar surface area (TPSA) is 113 Å². The molecular weight excluding hydrogens is 492 g/mol. The molecule has 1 aliphatic heterocycles. The van der Waals surface area contributed by atoms with Crippen molar-refractivity contribution in [1.82, 2.24) is 10.3 Å². The van der Waals surface area contributed by atoms with Gasteiger partial charge in [-0.15, -0.1) is 23.1 Å². The number of aromatic nitrogens is 1. The van der Waals surface area contributed by atoms with Crippen LogP contribution in [0.4, 0.5) is 10.8 Å². The molecule has 4 rings (SSSR count). The van der Waals surface area contributed by atoms with Crippen molar-refractivity contribution in [3.05, 3.63) is 87.9 Å². The van der Waals surface area contributed by atoms with Gasteiger partial charge in [0.15, 0.2) is 10.8 Å². The van der Waals surface area contributed by atoms with Crippen molar-refractivity contribution in [2.45, 2.75) is 24.8 Å². The van der Waals surface area contributed by atoms with Crippen LogP contribution in [0.15, 0.2) is 71.1 Å². The van der Waals surface area contributed by atoms with E-state index >= 15 is 0 Å². The van der Waals surface area contributed by atoms with Gasteiger partial charge in [-0.05, 0) is 42.0 Å². The number of nitrogens with one attached hydrogen (secondary N) is 3. The Morgan fingerprint density at radius 3 is 2.71 bits per heavy atom. The standard InChI is InChI=1S/C23H24N4O4S3/c1-2-31-22(28)20-14-33-23(26-20)25-18(12-15-8-10-17(11-9-15)27-34(29)30)19-13-32-21(24-19)16-6-4-3-5-7-16/h3-11,13-14,18,21,24,27H,2,12H2,1H3,(H,25,26)(H,29,30)/t18-,21?/m0/s1. The second-order valence-electron chi connectivity index (χ2n) is 7.35. The fourth-order valence-electron chi connectivity index (χ4n) is 3.41. The molecule has 8 nitrogen and oxygen atoms in total. The smallest absolute Gasteiger partial charge is 0.357 e. The number of rotatable bonds is 10. The first kappa shape index (κ1) is 24.3. The number of ether oxygens (including phenoxy) is 1. The van der Waals surface area contributed by atoms with Gasteiger partial charge in [0.25, 0.3) is 11.3 Å². The lowest BCUT2D eigenvalue weighted by Crippen LogP contribution is -2.31. The van der Waals surface area contributed by atoms with Crippen LogP contribution in [0.25, 0.3) is 0 Å². The van der Waals surface area contributed by atoms with Gasteiger partial charge in [-0.2, -0.15) is 0 Å². The van der Waals surface area contributed by atoms with Gasteiger partial charge in [-0.1, -0.05) is 42.5 Å². The number of esters is 1. The molecule has 2 unspecified atom stereocenters. The van der Waals surface area contributed by atoms with Crippen LogP contribution in [0.3, 0.4) is 0 Å². The van der Waals surface area contributed by atoms with Crippen molar-refractivity contribution in [3.8, 4) is 0 Å². The Labute approximate surface area is 208 Å². The van der Waals surface area contributed by atoms with E-state index in [1.54, 1.807) is 36.2 Å². The number of benzene rings is 2. The Balaban J connectivity index is 1.51. The van der Waals surface area contributed by atoms with Crippen LogP contribution in [-0.4, -0.2) is 32.4 Å². The van der Waals surface area contributed by atoms with E-state index in [4.69, 9.17) is 9.29 Å². The Hall–Kier alpha value is -2.86. The average Bonchev–Trinajstić information content (AvgIpc) is 3.51. The molecule has 0 amide bonds. The SMILES string of the molecule is CCOC(=O)c1csc(N[C@@H](Cc2ccc(NS(=O)O)cc2)C2=CSC(c3ccccc3)N2)n1. The highest BCUT2D eigenvalue weighted by atomic mass is 32.2. The molecule has 0 radical (unpaired) electrons. The Bertz CT molecular complexity index is 1170. The van der Waals surface area contributed by atoms with Gasteiger partial charge in [-0.25, -0.2) is 14.0 Å². The normalized spacial score (nSPS) is 16.8. The summed E-state index contributed by atoms with van der Waals surface area (Å²) in [4.78, 5) is 16.4. The summed E-state index contributed by atoms with van der Waals surface area (Å²) in [5.41, 5.74) is 4.08. The highest BCUT2D eigenvalue weighted by Gasteiger charge is 2.26. The van der Waals surface area contributed by atoms with Crippen LogP contribution in [0.2, 0.25) is 0 Å². The molecule has 0 spiro atoms. The Morgan fingerprint density at radius 2 is 2.00 bits per heavy atom. The summed E-state index contributed by atoms with van der Waals surface area (Å²) in [6.07, 6.45) is 0.637. The number of nitrogens with zero attached hydrogens (tertiary/aromatic N) is 1. The molecule has 1 aliphatic rings. The molecule has 3 atom stereocenters. The van der Waals surface area contributed by atoms with E-state index in [0.29, 0.717) is 23.8 Å². The summed E-state index contributed by atoms with van der Waals surface area (Å²) in [5.74, 6) is -0.439. The molecule has 2 heterocycles. The van der Waals surface area contributed by atoms with E-state index in [0.717, 1.165) is 11.3 Å². The van der Waals surface area contributed by atoms with Gasteiger partial charge >= 0.3 is 5.97 Å². The van der Waals surface area contributed by atoms with Gasteiger partial charge in [-0.3, -0.25) is 9.27 Å². The van der Waals surface area contributed by atoms with Crippen LogP contribution < -0.4 is 15.4 Å². The first-order valence-corrected chi connectivity index (χ1v) is 13.5. The van der Waals surface area contributed by atoms with Crippen molar-refractivity contribution in [2.24, 2.45) is 0 Å². The largest absolute Gasteiger partial charge is 0.461 e. The van der Waals surface area contributed by atoms with Gasteiger partial charge in [0, 0.05) is 16.8 Å².